The minimum Gasteiger partial charge on any atom is -0.462 e. The van der Waals surface area contributed by atoms with Crippen LogP contribution in [0.3, 0.4) is 0 Å². The van der Waals surface area contributed by atoms with Crippen molar-refractivity contribution in [2.24, 2.45) is 0 Å². The molecule has 8 aromatic rings. The number of piperazine rings is 3. The number of fused-ring (bicyclic) bond motifs is 5. The molecule has 0 spiro atoms. The lowest BCUT2D eigenvalue weighted by Crippen LogP contribution is -2.56. The fourth-order valence-electron chi connectivity index (χ4n) is 19.3. The van der Waals surface area contributed by atoms with E-state index in [4.69, 9.17) is 91.8 Å². The Morgan fingerprint density at radius 3 is 1.27 bits per heavy atom. The first-order valence-electron chi connectivity index (χ1n) is 43.7. The Bertz CT molecular complexity index is 5600. The first-order valence-corrected chi connectivity index (χ1v) is 44.4. The fourth-order valence-corrected chi connectivity index (χ4v) is 19.9. The molecule has 6 fully saturated rings. The van der Waals surface area contributed by atoms with Gasteiger partial charge in [0.1, 0.15) is 61.2 Å². The summed E-state index contributed by atoms with van der Waals surface area (Å²) < 4.78 is 80.6. The molecule has 28 nitrogen and oxygen atoms in total. The number of amides is 3. The Hall–Kier alpha value is -10.3. The number of ether oxygens (including phenoxy) is 4. The molecule has 5 aromatic carbocycles. The van der Waals surface area contributed by atoms with E-state index in [9.17, 15) is 31.9 Å². The van der Waals surface area contributed by atoms with E-state index in [0.717, 1.165) is 142 Å². The maximum atomic E-state index is 14.2. The molecule has 6 saturated heterocycles. The summed E-state index contributed by atoms with van der Waals surface area (Å²) >= 11 is 12.7. The van der Waals surface area contributed by atoms with Gasteiger partial charge in [0.05, 0.1) is 64.1 Å². The Kier molecular flexibility index (Phi) is 35.7. The summed E-state index contributed by atoms with van der Waals surface area (Å²) in [5.74, 6) is 1.50. The molecule has 7 atom stereocenters. The van der Waals surface area contributed by atoms with Gasteiger partial charge in [0.2, 0.25) is 37.4 Å². The second-order valence-corrected chi connectivity index (χ2v) is 34.7. The smallest absolute Gasteiger partial charge is 0.419 e. The van der Waals surface area contributed by atoms with Crippen LogP contribution in [0, 0.1) is 25.5 Å². The van der Waals surface area contributed by atoms with Crippen molar-refractivity contribution in [3.05, 3.63) is 218 Å². The minimum atomic E-state index is -4.63. The highest BCUT2D eigenvalue weighted by atomic mass is 35.5. The van der Waals surface area contributed by atoms with Crippen LogP contribution < -0.4 is 43.6 Å². The lowest BCUT2D eigenvalue weighted by atomic mass is 10.0. The lowest BCUT2D eigenvalue weighted by Gasteiger charge is -2.41. The van der Waals surface area contributed by atoms with Gasteiger partial charge in [-0.15, -0.1) is 0 Å². The molecule has 132 heavy (non-hydrogen) atoms. The van der Waals surface area contributed by atoms with Crippen molar-refractivity contribution >= 4 is 151 Å². The van der Waals surface area contributed by atoms with Crippen LogP contribution in [0.25, 0.3) is 36.1 Å². The summed E-state index contributed by atoms with van der Waals surface area (Å²) in [4.78, 5) is 102. The third kappa shape index (κ3) is 23.0. The number of benzene rings is 5. The van der Waals surface area contributed by atoms with Gasteiger partial charge in [-0.05, 0) is 157 Å². The van der Waals surface area contributed by atoms with Crippen LogP contribution in [0.1, 0.15) is 71.4 Å². The number of hydrogen-bond donors (Lipinski definition) is 0. The molecule has 9 aliphatic rings. The predicted molar refractivity (Wildman–Crippen MR) is 529 cm³/mol. The van der Waals surface area contributed by atoms with Gasteiger partial charge in [-0.2, -0.15) is 97.1 Å². The van der Waals surface area contributed by atoms with Crippen LogP contribution in [0.2, 0.25) is 10.0 Å². The highest BCUT2D eigenvalue weighted by Gasteiger charge is 2.43. The number of hydrogen-bond acceptors (Lipinski definition) is 22. The van der Waals surface area contributed by atoms with Crippen molar-refractivity contribution < 1.29 is 50.9 Å². The second kappa shape index (κ2) is 46.1. The van der Waals surface area contributed by atoms with Crippen molar-refractivity contribution in [2.75, 3.05) is 195 Å². The van der Waals surface area contributed by atoms with E-state index in [2.05, 4.69) is 107 Å². The van der Waals surface area contributed by atoms with Crippen LogP contribution >= 0.6 is 77.2 Å². The Morgan fingerprint density at radius 1 is 0.470 bits per heavy atom. The van der Waals surface area contributed by atoms with E-state index in [0.29, 0.717) is 147 Å². The molecule has 12 heterocycles. The van der Waals surface area contributed by atoms with Crippen LogP contribution in [0.5, 0.6) is 18.0 Å². The fraction of sp³-hybridized carbons (Fsp3) is 0.468. The molecule has 0 N–H and O–H groups in total. The van der Waals surface area contributed by atoms with Crippen molar-refractivity contribution in [1.82, 2.24) is 59.3 Å². The first-order chi connectivity index (χ1) is 61.9. The molecule has 38 heteroatoms. The van der Waals surface area contributed by atoms with Gasteiger partial charge >= 0.3 is 24.2 Å². The summed E-state index contributed by atoms with van der Waals surface area (Å²) in [5.41, 5.74) is 6.55. The van der Waals surface area contributed by atoms with Crippen molar-refractivity contribution in [1.29, 1.82) is 0 Å². The second-order valence-electron chi connectivity index (χ2n) is 33.9. The average Bonchev–Trinajstić information content (AvgIpc) is 0.804. The molecule has 0 radical (unpaired) electrons. The highest BCUT2D eigenvalue weighted by Crippen LogP contribution is 2.45. The number of rotatable bonds is 22. The Balaban J connectivity index is 0.000000188. The predicted octanol–water partition coefficient (Wildman–Crippen LogP) is 12.8. The number of likely N-dealkylation sites (tertiary alicyclic amines) is 3. The van der Waals surface area contributed by atoms with Gasteiger partial charge in [0, 0.05) is 149 Å². The van der Waals surface area contributed by atoms with E-state index in [1.807, 2.05) is 48.3 Å². The van der Waals surface area contributed by atoms with Crippen LogP contribution in [-0.2, 0) is 64.2 Å². The maximum absolute atomic E-state index is 14.2. The number of carbonyl (C=O) groups excluding carboxylic acids is 3. The third-order valence-electron chi connectivity index (χ3n) is 26.2. The topological polar surface area (TPSA) is 217 Å². The lowest BCUT2D eigenvalue weighted by molar-refractivity contribution is -0.137. The number of anilines is 6. The molecule has 0 aliphatic carbocycles. The quantitative estimate of drug-likeness (QED) is 0.0350. The Morgan fingerprint density at radius 2 is 0.864 bits per heavy atom. The minimum absolute atomic E-state index is 0. The number of carbonyl (C=O) groups is 3. The van der Waals surface area contributed by atoms with Crippen LogP contribution in [0.4, 0.5) is 52.1 Å². The van der Waals surface area contributed by atoms with E-state index in [1.54, 1.807) is 32.8 Å². The van der Waals surface area contributed by atoms with Gasteiger partial charge < -0.3 is 87.4 Å². The summed E-state index contributed by atoms with van der Waals surface area (Å²) in [6.07, 6.45) is 6.49. The zero-order valence-electron chi connectivity index (χ0n) is 74.7. The highest BCUT2D eigenvalue weighted by molar-refractivity contribution is 7.59. The van der Waals surface area contributed by atoms with Crippen molar-refractivity contribution in [3.8, 4) is 18.0 Å². The van der Waals surface area contributed by atoms with Crippen molar-refractivity contribution in [2.45, 2.75) is 120 Å². The third-order valence-corrected chi connectivity index (χ3v) is 26.8. The Labute approximate surface area is 807 Å². The van der Waals surface area contributed by atoms with Crippen LogP contribution in [0.15, 0.2) is 129 Å². The summed E-state index contributed by atoms with van der Waals surface area (Å²) in [7, 11) is 7.93. The van der Waals surface area contributed by atoms with E-state index >= 15 is 0 Å². The molecule has 3 amide bonds. The standard InChI is InChI=1S/C32H36ClN7O2.C32H36FN7O2.C30H35ClF3N7O3.4H2S/c1-4-29(41)40-17-16-39(19-24(40)18-34-2)31-25-13-15-38(28-12-6-9-22-8-5-11-26(33)30(22)28)20-27(25)35-32(36-31)42-21-23-10-7-14-37(23)3;1-4-30(41)40-16-15-39(19-25(40)18-34-2)31-26-12-14-38(29-9-5-7-22-10-11-23(33)17-27(22)29)20-28(26)35-32(36-31)42-21-24-8-6-13-37(24)3;1-5-26(42)41-12-11-40(15-20(41)14-35-2)28-22-9-10-39(25-8-6-7-23(31)27(25)30(32,33)34)17-24(22)36-29(37-28)44-18-19-13-21(43-4)16-38(19)3;;;;/h4-6,8-9,11-12,23-24H,1,7,10,13-21H2,3H3;4-5,7,9-11,17,24-25H,1,6,8,12-16,18-21H2,3H3;5-8,19-21H,1,9-18H2,3-4H3;4*1H2/t23-,24-;24-,25-;19-,20-,21+;;;;/m000..../s1. The molecule has 0 bridgehead atoms. The number of methoxy groups -OCH3 is 1. The van der Waals surface area contributed by atoms with Gasteiger partial charge in [0.15, 0.2) is 0 Å². The molecule has 9 aliphatic heterocycles. The van der Waals surface area contributed by atoms with Gasteiger partial charge in [-0.3, -0.25) is 19.3 Å². The maximum Gasteiger partial charge on any atom is 0.419 e. The molecule has 17 rings (SSSR count). The van der Waals surface area contributed by atoms with Gasteiger partial charge in [0.25, 0.3) is 0 Å². The van der Waals surface area contributed by atoms with Gasteiger partial charge in [-0.1, -0.05) is 91.5 Å². The van der Waals surface area contributed by atoms with E-state index in [1.165, 1.54) is 48.9 Å². The number of likely N-dealkylation sites (N-methyl/N-ethyl adjacent to an activating group) is 3. The van der Waals surface area contributed by atoms with E-state index < -0.39 is 11.7 Å². The number of alkyl halides is 3. The molecular weight excluding hydrogens is 1810 g/mol. The van der Waals surface area contributed by atoms with Gasteiger partial charge in [-0.25, -0.2) is 24.1 Å². The van der Waals surface area contributed by atoms with Crippen molar-refractivity contribution in [3.63, 3.8) is 0 Å². The number of aromatic nitrogens is 6. The number of nitrogens with zero attached hydrogens (tertiary/aromatic N) is 21. The normalized spacial score (nSPS) is 20.8. The largest absolute Gasteiger partial charge is 0.462 e. The summed E-state index contributed by atoms with van der Waals surface area (Å²) in [6, 6.07) is 28.2. The monoisotopic (exact) mass is 1920 g/mol. The SMILES string of the molecule is S.S.S.S.[C-]#[N+]C[C@H]1CN(c2nc(OC[C@@H]3CCCN3C)nc3c2CCN(c2cccc4ccc(F)cc24)C3)CCN1C(=O)C=C.[C-]#[N+]C[C@H]1CN(c2nc(OC[C@@H]3CCCN3C)nc3c2CCN(c2cccc4cccc(Cl)c24)C3)CCN1C(=O)C=C.[C-]#[N+]C[C@H]1CN(c2nc(OC[C@@H]3C[C@@H](OC)CN3C)nc3c2CCN(c2cccc(Cl)c2C(F)(F)F)C3)CCN1C(=O)C=C. The summed E-state index contributed by atoms with van der Waals surface area (Å²) in [5, 5.41) is 4.40. The average molecular weight is 1930 g/mol. The molecule has 0 unspecified atom stereocenters. The summed E-state index contributed by atoms with van der Waals surface area (Å²) in [6.45, 7) is 45.6. The zero-order chi connectivity index (χ0) is 90.0. The molecule has 704 valence electrons. The molecular formula is C94H115Cl2F4N21O7S4. The van der Waals surface area contributed by atoms with E-state index in [-0.39, 0.29) is 151 Å². The zero-order valence-corrected chi connectivity index (χ0v) is 80.2. The first kappa shape index (κ1) is 102. The molecule has 0 saturated carbocycles. The molecule has 3 aromatic heterocycles. The van der Waals surface area contributed by atoms with Crippen LogP contribution in [-0.4, -0.2) is 285 Å². The number of halogens is 6.